The summed E-state index contributed by atoms with van der Waals surface area (Å²) in [5, 5.41) is 14.5. The molecule has 0 unspecified atom stereocenters. The Morgan fingerprint density at radius 3 is 2.34 bits per heavy atom. The largest absolute Gasteiger partial charge is 0.494 e. The average Bonchev–Trinajstić information content (AvgIpc) is 3.30. The van der Waals surface area contributed by atoms with Crippen LogP contribution in [0.5, 0.6) is 23.0 Å². The van der Waals surface area contributed by atoms with Gasteiger partial charge >= 0.3 is 0 Å². The highest BCUT2D eigenvalue weighted by molar-refractivity contribution is 5.91. The Bertz CT molecular complexity index is 1050. The van der Waals surface area contributed by atoms with E-state index in [9.17, 15) is 4.79 Å². The van der Waals surface area contributed by atoms with Gasteiger partial charge in [0.15, 0.2) is 17.3 Å². The standard InChI is InChI=1S/C22H25N5O5/c1-5-32-17-9-7-16(8-10-17)27-20(24-25-26-27)14-23-21(28)11-6-15-12-18(29-2)22(31-4)19(13-15)30-3/h6-13H,5,14H2,1-4H3,(H,23,28)/b11-6+. The van der Waals surface area contributed by atoms with E-state index >= 15 is 0 Å². The highest BCUT2D eigenvalue weighted by Crippen LogP contribution is 2.38. The lowest BCUT2D eigenvalue weighted by molar-refractivity contribution is -0.116. The van der Waals surface area contributed by atoms with Crippen molar-refractivity contribution >= 4 is 12.0 Å². The molecular weight excluding hydrogens is 414 g/mol. The van der Waals surface area contributed by atoms with Crippen molar-refractivity contribution in [3.63, 3.8) is 0 Å². The van der Waals surface area contributed by atoms with E-state index < -0.39 is 0 Å². The van der Waals surface area contributed by atoms with Crippen LogP contribution in [-0.4, -0.2) is 54.1 Å². The van der Waals surface area contributed by atoms with E-state index in [4.69, 9.17) is 18.9 Å². The Hall–Kier alpha value is -4.08. The van der Waals surface area contributed by atoms with Crippen molar-refractivity contribution in [2.45, 2.75) is 13.5 Å². The van der Waals surface area contributed by atoms with Gasteiger partial charge in [-0.25, -0.2) is 0 Å². The van der Waals surface area contributed by atoms with Crippen LogP contribution in [0.15, 0.2) is 42.5 Å². The normalized spacial score (nSPS) is 10.8. The van der Waals surface area contributed by atoms with E-state index in [0.717, 1.165) is 11.4 Å². The fourth-order valence-electron chi connectivity index (χ4n) is 2.96. The maximum Gasteiger partial charge on any atom is 0.244 e. The van der Waals surface area contributed by atoms with Crippen LogP contribution in [0.3, 0.4) is 0 Å². The van der Waals surface area contributed by atoms with E-state index in [1.165, 1.54) is 27.4 Å². The number of methoxy groups -OCH3 is 3. The zero-order valence-corrected chi connectivity index (χ0v) is 18.4. The first-order chi connectivity index (χ1) is 15.6. The van der Waals surface area contributed by atoms with Crippen LogP contribution in [-0.2, 0) is 11.3 Å². The number of ether oxygens (including phenoxy) is 4. The molecule has 1 heterocycles. The summed E-state index contributed by atoms with van der Waals surface area (Å²) >= 11 is 0. The quantitative estimate of drug-likeness (QED) is 0.480. The molecule has 0 radical (unpaired) electrons. The Morgan fingerprint density at radius 1 is 1.06 bits per heavy atom. The molecule has 0 aliphatic rings. The maximum absolute atomic E-state index is 12.3. The lowest BCUT2D eigenvalue weighted by atomic mass is 10.1. The number of benzene rings is 2. The van der Waals surface area contributed by atoms with Gasteiger partial charge in [-0.05, 0) is 65.4 Å². The van der Waals surface area contributed by atoms with Crippen molar-refractivity contribution in [1.82, 2.24) is 25.5 Å². The van der Waals surface area contributed by atoms with Gasteiger partial charge in [0.25, 0.3) is 0 Å². The van der Waals surface area contributed by atoms with Gasteiger partial charge in [-0.3, -0.25) is 4.79 Å². The molecule has 0 saturated heterocycles. The molecule has 32 heavy (non-hydrogen) atoms. The minimum absolute atomic E-state index is 0.151. The van der Waals surface area contributed by atoms with E-state index in [1.54, 1.807) is 22.9 Å². The minimum Gasteiger partial charge on any atom is -0.494 e. The van der Waals surface area contributed by atoms with Crippen LogP contribution in [0, 0.1) is 0 Å². The van der Waals surface area contributed by atoms with Crippen LogP contribution in [0.2, 0.25) is 0 Å². The van der Waals surface area contributed by atoms with Crippen LogP contribution in [0.25, 0.3) is 11.8 Å². The average molecular weight is 439 g/mol. The van der Waals surface area contributed by atoms with Crippen LogP contribution >= 0.6 is 0 Å². The number of amides is 1. The number of carbonyl (C=O) groups is 1. The van der Waals surface area contributed by atoms with Gasteiger partial charge in [-0.15, -0.1) is 5.10 Å². The second-order valence-electron chi connectivity index (χ2n) is 6.44. The molecule has 1 amide bonds. The monoisotopic (exact) mass is 439 g/mol. The zero-order chi connectivity index (χ0) is 22.9. The second-order valence-corrected chi connectivity index (χ2v) is 6.44. The topological polar surface area (TPSA) is 110 Å². The van der Waals surface area contributed by atoms with Crippen LogP contribution in [0.4, 0.5) is 0 Å². The highest BCUT2D eigenvalue weighted by atomic mass is 16.5. The van der Waals surface area contributed by atoms with Gasteiger partial charge < -0.3 is 24.3 Å². The number of hydrogen-bond acceptors (Lipinski definition) is 8. The summed E-state index contributed by atoms with van der Waals surface area (Å²) < 4.78 is 23.0. The van der Waals surface area contributed by atoms with E-state index in [0.29, 0.717) is 35.2 Å². The minimum atomic E-state index is -0.306. The number of tetrazole rings is 1. The Kier molecular flexibility index (Phi) is 7.63. The summed E-state index contributed by atoms with van der Waals surface area (Å²) in [6.45, 7) is 2.66. The van der Waals surface area contributed by atoms with Gasteiger partial charge in [-0.1, -0.05) is 0 Å². The van der Waals surface area contributed by atoms with Crippen molar-refractivity contribution in [3.8, 4) is 28.7 Å². The molecule has 0 bridgehead atoms. The fraction of sp³-hybridized carbons (Fsp3) is 0.273. The second kappa shape index (κ2) is 10.8. The predicted octanol–water partition coefficient (Wildman–Crippen LogP) is 2.42. The summed E-state index contributed by atoms with van der Waals surface area (Å²) in [4.78, 5) is 12.3. The predicted molar refractivity (Wildman–Crippen MR) is 117 cm³/mol. The van der Waals surface area contributed by atoms with Gasteiger partial charge in [-0.2, -0.15) is 4.68 Å². The summed E-state index contributed by atoms with van der Waals surface area (Å²) in [7, 11) is 4.60. The summed E-state index contributed by atoms with van der Waals surface area (Å²) in [5.41, 5.74) is 1.48. The van der Waals surface area contributed by atoms with E-state index in [-0.39, 0.29) is 12.5 Å². The molecule has 0 aliphatic carbocycles. The number of nitrogens with zero attached hydrogens (tertiary/aromatic N) is 4. The molecule has 0 atom stereocenters. The number of carbonyl (C=O) groups excluding carboxylic acids is 1. The fourth-order valence-corrected chi connectivity index (χ4v) is 2.96. The molecule has 0 saturated carbocycles. The Labute approximate surface area is 185 Å². The summed E-state index contributed by atoms with van der Waals surface area (Å²) in [6, 6.07) is 10.9. The zero-order valence-electron chi connectivity index (χ0n) is 18.4. The van der Waals surface area contributed by atoms with Crippen molar-refractivity contribution < 1.29 is 23.7 Å². The van der Waals surface area contributed by atoms with E-state index in [2.05, 4.69) is 20.8 Å². The van der Waals surface area contributed by atoms with Gasteiger partial charge in [0, 0.05) is 6.08 Å². The van der Waals surface area contributed by atoms with Gasteiger partial charge in [0.2, 0.25) is 11.7 Å². The molecular formula is C22H25N5O5. The smallest absolute Gasteiger partial charge is 0.244 e. The van der Waals surface area contributed by atoms with Crippen molar-refractivity contribution in [3.05, 3.63) is 53.9 Å². The van der Waals surface area contributed by atoms with Crippen LogP contribution < -0.4 is 24.3 Å². The molecule has 0 spiro atoms. The van der Waals surface area contributed by atoms with Crippen LogP contribution in [0.1, 0.15) is 18.3 Å². The van der Waals surface area contributed by atoms with Crippen molar-refractivity contribution in [1.29, 1.82) is 0 Å². The molecule has 3 rings (SSSR count). The molecule has 2 aromatic carbocycles. The third-order valence-electron chi connectivity index (χ3n) is 4.46. The number of aromatic nitrogens is 4. The first-order valence-electron chi connectivity index (χ1n) is 9.86. The molecule has 1 N–H and O–H groups in total. The van der Waals surface area contributed by atoms with Gasteiger partial charge in [0.1, 0.15) is 5.75 Å². The number of nitrogens with one attached hydrogen (secondary N) is 1. The van der Waals surface area contributed by atoms with Crippen molar-refractivity contribution in [2.24, 2.45) is 0 Å². The third-order valence-corrected chi connectivity index (χ3v) is 4.46. The molecule has 1 aromatic heterocycles. The maximum atomic E-state index is 12.3. The number of hydrogen-bond donors (Lipinski definition) is 1. The molecule has 168 valence electrons. The van der Waals surface area contributed by atoms with E-state index in [1.807, 2.05) is 31.2 Å². The highest BCUT2D eigenvalue weighted by Gasteiger charge is 2.13. The lowest BCUT2D eigenvalue weighted by Crippen LogP contribution is -2.22. The summed E-state index contributed by atoms with van der Waals surface area (Å²) in [6.07, 6.45) is 3.06. The molecule has 0 fully saturated rings. The SMILES string of the molecule is CCOc1ccc(-n2nnnc2CNC(=O)/C=C/c2cc(OC)c(OC)c(OC)c2)cc1. The number of rotatable bonds is 10. The Balaban J connectivity index is 1.66. The van der Waals surface area contributed by atoms with Crippen molar-refractivity contribution in [2.75, 3.05) is 27.9 Å². The third kappa shape index (κ3) is 5.34. The Morgan fingerprint density at radius 2 is 1.75 bits per heavy atom. The molecule has 10 heteroatoms. The summed E-state index contributed by atoms with van der Waals surface area (Å²) in [5.74, 6) is 2.43. The first kappa shape index (κ1) is 22.6. The van der Waals surface area contributed by atoms with Gasteiger partial charge in [0.05, 0.1) is 40.2 Å². The molecule has 3 aromatic rings. The molecule has 10 nitrogen and oxygen atoms in total. The molecule has 0 aliphatic heterocycles. The lowest BCUT2D eigenvalue weighted by Gasteiger charge is -2.12. The first-order valence-corrected chi connectivity index (χ1v) is 9.86.